The van der Waals surface area contributed by atoms with Gasteiger partial charge in [0.2, 0.25) is 0 Å². The third-order valence-electron chi connectivity index (χ3n) is 3.45. The molecule has 0 aliphatic rings. The summed E-state index contributed by atoms with van der Waals surface area (Å²) in [5.74, 6) is 0. The summed E-state index contributed by atoms with van der Waals surface area (Å²) in [5, 5.41) is 0. The first kappa shape index (κ1) is 14.4. The van der Waals surface area contributed by atoms with Crippen LogP contribution in [-0.2, 0) is 0 Å². The van der Waals surface area contributed by atoms with Crippen molar-refractivity contribution in [1.29, 1.82) is 0 Å². The predicted octanol–water partition coefficient (Wildman–Crippen LogP) is 3.77. The molecule has 0 radical (unpaired) electrons. The van der Waals surface area contributed by atoms with Gasteiger partial charge >= 0.3 is 0 Å². The molecule has 0 rings (SSSR count). The number of rotatable bonds is 4. The fourth-order valence-electron chi connectivity index (χ4n) is 2.62. The molecule has 0 aromatic rings. The first-order valence-electron chi connectivity index (χ1n) is 5.71. The van der Waals surface area contributed by atoms with Crippen molar-refractivity contribution in [2.45, 2.75) is 52.6 Å². The molecule has 0 aromatic carbocycles. The maximum absolute atomic E-state index is 3.90. The van der Waals surface area contributed by atoms with Gasteiger partial charge in [-0.1, -0.05) is 13.2 Å². The molecular formula is C14H28N+. The van der Waals surface area contributed by atoms with Gasteiger partial charge in [0.1, 0.15) is 0 Å². The molecule has 0 spiro atoms. The third-order valence-corrected chi connectivity index (χ3v) is 3.45. The predicted molar refractivity (Wildman–Crippen MR) is 69.9 cm³/mol. The molecule has 0 N–H and O–H groups in total. The average molecular weight is 210 g/mol. The average Bonchev–Trinajstić information content (AvgIpc) is 1.99. The summed E-state index contributed by atoms with van der Waals surface area (Å²) >= 11 is 0. The molecule has 1 nitrogen and oxygen atoms in total. The summed E-state index contributed by atoms with van der Waals surface area (Å²) in [6.45, 7) is 23.6. The number of quaternary nitrogens is 1. The zero-order chi connectivity index (χ0) is 12.3. The lowest BCUT2D eigenvalue weighted by Crippen LogP contribution is -2.69. The van der Waals surface area contributed by atoms with Crippen molar-refractivity contribution in [3.05, 3.63) is 25.3 Å². The van der Waals surface area contributed by atoms with Crippen molar-refractivity contribution >= 4 is 0 Å². The summed E-state index contributed by atoms with van der Waals surface area (Å²) in [7, 11) is 0. The second-order valence-corrected chi connectivity index (χ2v) is 6.25. The fourth-order valence-corrected chi connectivity index (χ4v) is 2.62. The van der Waals surface area contributed by atoms with Crippen LogP contribution in [-0.4, -0.2) is 28.7 Å². The Bertz CT molecular complexity index is 199. The highest BCUT2D eigenvalue weighted by atomic mass is 15.4. The van der Waals surface area contributed by atoms with Crippen molar-refractivity contribution in [3.8, 4) is 0 Å². The lowest BCUT2D eigenvalue weighted by molar-refractivity contribution is -1.00. The van der Waals surface area contributed by atoms with E-state index in [4.69, 9.17) is 0 Å². The van der Waals surface area contributed by atoms with Crippen LogP contribution in [0.5, 0.6) is 0 Å². The second-order valence-electron chi connectivity index (χ2n) is 6.25. The summed E-state index contributed by atoms with van der Waals surface area (Å²) in [6, 6.07) is 0. The topological polar surface area (TPSA) is 0 Å². The molecule has 0 aliphatic heterocycles. The van der Waals surface area contributed by atoms with Gasteiger partial charge in [-0.05, 0) is 53.7 Å². The Morgan fingerprint density at radius 3 is 1.20 bits per heavy atom. The zero-order valence-electron chi connectivity index (χ0n) is 11.4. The standard InChI is InChI=1S/C14H28N/c1-9-11-15(12-10-2,13(3,4)5)14(6,7)8/h9-10H,1-2,11-12H2,3-8H3/q+1. The van der Waals surface area contributed by atoms with Gasteiger partial charge in [-0.2, -0.15) is 0 Å². The Morgan fingerprint density at radius 2 is 1.07 bits per heavy atom. The van der Waals surface area contributed by atoms with E-state index in [2.05, 4.69) is 54.7 Å². The molecule has 1 heteroatoms. The van der Waals surface area contributed by atoms with Crippen molar-refractivity contribution in [2.75, 3.05) is 13.1 Å². The van der Waals surface area contributed by atoms with Gasteiger partial charge in [0.05, 0.1) is 24.2 Å². The molecule has 0 aliphatic carbocycles. The highest BCUT2D eigenvalue weighted by Crippen LogP contribution is 2.35. The Morgan fingerprint density at radius 1 is 0.800 bits per heavy atom. The summed E-state index contributed by atoms with van der Waals surface area (Å²) < 4.78 is 0.993. The van der Waals surface area contributed by atoms with Crippen molar-refractivity contribution < 1.29 is 4.48 Å². The van der Waals surface area contributed by atoms with E-state index in [-0.39, 0.29) is 11.1 Å². The van der Waals surface area contributed by atoms with Gasteiger partial charge in [0.25, 0.3) is 0 Å². The molecule has 0 amide bonds. The van der Waals surface area contributed by atoms with E-state index in [9.17, 15) is 0 Å². The van der Waals surface area contributed by atoms with Crippen LogP contribution in [0.4, 0.5) is 0 Å². The van der Waals surface area contributed by atoms with Crippen molar-refractivity contribution in [3.63, 3.8) is 0 Å². The number of nitrogens with zero attached hydrogens (tertiary/aromatic N) is 1. The molecule has 0 aromatic heterocycles. The van der Waals surface area contributed by atoms with Gasteiger partial charge < -0.3 is 4.48 Å². The Labute approximate surface area is 96.1 Å². The smallest absolute Gasteiger partial charge is 0.0981 e. The molecule has 0 atom stereocenters. The Kier molecular flexibility index (Phi) is 4.36. The highest BCUT2D eigenvalue weighted by Gasteiger charge is 2.47. The summed E-state index contributed by atoms with van der Waals surface area (Å²) in [6.07, 6.45) is 4.06. The minimum Gasteiger partial charge on any atom is -0.309 e. The molecule has 0 saturated carbocycles. The largest absolute Gasteiger partial charge is 0.309 e. The maximum atomic E-state index is 3.90. The third kappa shape index (κ3) is 2.72. The lowest BCUT2D eigenvalue weighted by atomic mass is 9.89. The second kappa shape index (κ2) is 4.52. The van der Waals surface area contributed by atoms with Crippen LogP contribution in [0.1, 0.15) is 41.5 Å². The normalized spacial score (nSPS) is 13.7. The van der Waals surface area contributed by atoms with E-state index in [1.54, 1.807) is 0 Å². The first-order valence-corrected chi connectivity index (χ1v) is 5.71. The quantitative estimate of drug-likeness (QED) is 0.489. The Hall–Kier alpha value is -0.560. The molecule has 0 saturated heterocycles. The van der Waals surface area contributed by atoms with E-state index in [0.717, 1.165) is 17.6 Å². The molecule has 88 valence electrons. The van der Waals surface area contributed by atoms with E-state index in [0.29, 0.717) is 0 Å². The molecule has 15 heavy (non-hydrogen) atoms. The monoisotopic (exact) mass is 210 g/mol. The molecule has 0 fully saturated rings. The SMILES string of the molecule is C=CC[N+](CC=C)(C(C)(C)C)C(C)(C)C. The van der Waals surface area contributed by atoms with Crippen LogP contribution in [0, 0.1) is 0 Å². The Balaban J connectivity index is 5.46. The van der Waals surface area contributed by atoms with Crippen LogP contribution in [0.25, 0.3) is 0 Å². The van der Waals surface area contributed by atoms with E-state index < -0.39 is 0 Å². The van der Waals surface area contributed by atoms with Gasteiger partial charge in [-0.15, -0.1) is 0 Å². The lowest BCUT2D eigenvalue weighted by Gasteiger charge is -2.56. The number of hydrogen-bond acceptors (Lipinski definition) is 0. The van der Waals surface area contributed by atoms with Crippen molar-refractivity contribution in [2.24, 2.45) is 0 Å². The van der Waals surface area contributed by atoms with E-state index >= 15 is 0 Å². The highest BCUT2D eigenvalue weighted by molar-refractivity contribution is 4.83. The molecule has 0 heterocycles. The van der Waals surface area contributed by atoms with Gasteiger partial charge in [0.15, 0.2) is 0 Å². The summed E-state index contributed by atoms with van der Waals surface area (Å²) in [5.41, 5.74) is 0.390. The zero-order valence-corrected chi connectivity index (χ0v) is 11.4. The molecule has 0 unspecified atom stereocenters. The molecule has 0 bridgehead atoms. The van der Waals surface area contributed by atoms with Crippen LogP contribution < -0.4 is 0 Å². The molecular weight excluding hydrogens is 182 g/mol. The van der Waals surface area contributed by atoms with E-state index in [1.807, 2.05) is 12.2 Å². The van der Waals surface area contributed by atoms with Crippen molar-refractivity contribution in [1.82, 2.24) is 0 Å². The number of hydrogen-bond donors (Lipinski definition) is 0. The maximum Gasteiger partial charge on any atom is 0.0981 e. The minimum absolute atomic E-state index is 0.195. The van der Waals surface area contributed by atoms with Gasteiger partial charge in [0, 0.05) is 0 Å². The van der Waals surface area contributed by atoms with Gasteiger partial charge in [-0.25, -0.2) is 0 Å². The van der Waals surface area contributed by atoms with Crippen LogP contribution in [0.15, 0.2) is 25.3 Å². The van der Waals surface area contributed by atoms with Crippen LogP contribution in [0.2, 0.25) is 0 Å². The fraction of sp³-hybridized carbons (Fsp3) is 0.714. The van der Waals surface area contributed by atoms with Crippen LogP contribution >= 0.6 is 0 Å². The minimum atomic E-state index is 0.195. The van der Waals surface area contributed by atoms with Gasteiger partial charge in [-0.3, -0.25) is 0 Å². The summed E-state index contributed by atoms with van der Waals surface area (Å²) in [4.78, 5) is 0. The van der Waals surface area contributed by atoms with Crippen LogP contribution in [0.3, 0.4) is 0 Å². The first-order chi connectivity index (χ1) is 6.62. The van der Waals surface area contributed by atoms with E-state index in [1.165, 1.54) is 0 Å².